The molecule has 20 heavy (non-hydrogen) atoms. The minimum Gasteiger partial charge on any atom is -0.346 e. The zero-order chi connectivity index (χ0) is 15.3. The van der Waals surface area contributed by atoms with Crippen molar-refractivity contribution in [3.05, 3.63) is 30.6 Å². The summed E-state index contributed by atoms with van der Waals surface area (Å²) < 4.78 is 28.2. The summed E-state index contributed by atoms with van der Waals surface area (Å²) in [6.45, 7) is 8.46. The number of nitrogens with zero attached hydrogens (tertiary/aromatic N) is 2. The van der Waals surface area contributed by atoms with Crippen LogP contribution in [0.2, 0.25) is 0 Å². The molecule has 5 nitrogen and oxygen atoms in total. The molecule has 0 unspecified atom stereocenters. The highest BCUT2D eigenvalue weighted by Crippen LogP contribution is 2.21. The second kappa shape index (κ2) is 7.06. The van der Waals surface area contributed by atoms with Gasteiger partial charge in [0.2, 0.25) is 10.0 Å². The summed E-state index contributed by atoms with van der Waals surface area (Å²) in [5.74, 6) is 0. The standard InChI is InChI=1S/C14H25N3O2S/c1-5-6-7-8-16(4)20(18,19)14-9-13(10-15)17(11-14)12(2)3/h5,9,11-12H,1,6-8,10,15H2,2-4H3. The summed E-state index contributed by atoms with van der Waals surface area (Å²) in [5.41, 5.74) is 6.51. The maximum atomic E-state index is 12.5. The number of hydrogen-bond donors (Lipinski definition) is 1. The Labute approximate surface area is 122 Å². The highest BCUT2D eigenvalue weighted by Gasteiger charge is 2.23. The average molecular weight is 299 g/mol. The molecule has 6 heteroatoms. The quantitative estimate of drug-likeness (QED) is 0.590. The van der Waals surface area contributed by atoms with Crippen LogP contribution >= 0.6 is 0 Å². The Balaban J connectivity index is 3.00. The second-order valence-electron chi connectivity index (χ2n) is 5.13. The van der Waals surface area contributed by atoms with Crippen molar-refractivity contribution in [3.8, 4) is 0 Å². The summed E-state index contributed by atoms with van der Waals surface area (Å²) in [4.78, 5) is 0.313. The number of sulfonamides is 1. The maximum Gasteiger partial charge on any atom is 0.244 e. The topological polar surface area (TPSA) is 68.3 Å². The van der Waals surface area contributed by atoms with E-state index in [-0.39, 0.29) is 6.04 Å². The summed E-state index contributed by atoms with van der Waals surface area (Å²) in [6.07, 6.45) is 5.04. The monoisotopic (exact) mass is 299 g/mol. The van der Waals surface area contributed by atoms with E-state index >= 15 is 0 Å². The third-order valence-electron chi connectivity index (χ3n) is 3.26. The first-order valence-corrected chi connectivity index (χ1v) is 8.26. The van der Waals surface area contributed by atoms with Gasteiger partial charge in [-0.25, -0.2) is 12.7 Å². The van der Waals surface area contributed by atoms with Crippen molar-refractivity contribution in [2.45, 2.75) is 44.2 Å². The third kappa shape index (κ3) is 3.71. The maximum absolute atomic E-state index is 12.5. The second-order valence-corrected chi connectivity index (χ2v) is 7.17. The molecule has 0 aliphatic carbocycles. The first-order valence-electron chi connectivity index (χ1n) is 6.82. The lowest BCUT2D eigenvalue weighted by molar-refractivity contribution is 0.462. The van der Waals surface area contributed by atoms with Crippen molar-refractivity contribution >= 4 is 10.0 Å². The molecule has 0 spiro atoms. The minimum atomic E-state index is -3.44. The van der Waals surface area contributed by atoms with E-state index in [9.17, 15) is 8.42 Å². The molecule has 114 valence electrons. The molecule has 2 N–H and O–H groups in total. The fourth-order valence-corrected chi connectivity index (χ4v) is 3.30. The van der Waals surface area contributed by atoms with Crippen molar-refractivity contribution in [1.82, 2.24) is 8.87 Å². The van der Waals surface area contributed by atoms with Gasteiger partial charge in [0.25, 0.3) is 0 Å². The highest BCUT2D eigenvalue weighted by atomic mass is 32.2. The van der Waals surface area contributed by atoms with E-state index in [1.807, 2.05) is 18.4 Å². The molecule has 0 fully saturated rings. The Kier molecular flexibility index (Phi) is 5.98. The molecular weight excluding hydrogens is 274 g/mol. The van der Waals surface area contributed by atoms with E-state index in [0.29, 0.717) is 18.0 Å². The number of allylic oxidation sites excluding steroid dienone is 1. The number of nitrogens with two attached hydrogens (primary N) is 1. The van der Waals surface area contributed by atoms with Crippen LogP contribution in [0.25, 0.3) is 0 Å². The molecule has 0 saturated carbocycles. The SMILES string of the molecule is C=CCCCN(C)S(=O)(=O)c1cc(CN)n(C(C)C)c1. The van der Waals surface area contributed by atoms with Crippen molar-refractivity contribution in [2.75, 3.05) is 13.6 Å². The Morgan fingerprint density at radius 3 is 2.60 bits per heavy atom. The van der Waals surface area contributed by atoms with Gasteiger partial charge in [-0.3, -0.25) is 0 Å². The number of rotatable bonds is 8. The molecule has 1 rings (SSSR count). The van der Waals surface area contributed by atoms with Gasteiger partial charge in [0, 0.05) is 38.1 Å². The lowest BCUT2D eigenvalue weighted by atomic mass is 10.3. The third-order valence-corrected chi connectivity index (χ3v) is 5.08. The van der Waals surface area contributed by atoms with E-state index < -0.39 is 10.0 Å². The van der Waals surface area contributed by atoms with Crippen LogP contribution < -0.4 is 5.73 Å². The Morgan fingerprint density at radius 2 is 2.15 bits per heavy atom. The number of aromatic nitrogens is 1. The molecule has 0 saturated heterocycles. The van der Waals surface area contributed by atoms with Crippen molar-refractivity contribution in [1.29, 1.82) is 0 Å². The van der Waals surface area contributed by atoms with Crippen LogP contribution in [0.5, 0.6) is 0 Å². The van der Waals surface area contributed by atoms with Gasteiger partial charge in [-0.05, 0) is 32.8 Å². The predicted molar refractivity (Wildman–Crippen MR) is 82.0 cm³/mol. The van der Waals surface area contributed by atoms with Crippen LogP contribution in [0.3, 0.4) is 0 Å². The molecule has 1 heterocycles. The lowest BCUT2D eigenvalue weighted by Gasteiger charge is -2.15. The van der Waals surface area contributed by atoms with E-state index in [2.05, 4.69) is 6.58 Å². The summed E-state index contributed by atoms with van der Waals surface area (Å²) >= 11 is 0. The van der Waals surface area contributed by atoms with Gasteiger partial charge in [-0.1, -0.05) is 6.08 Å². The Bertz CT molecular complexity index is 547. The predicted octanol–water partition coefficient (Wildman–Crippen LogP) is 2.11. The van der Waals surface area contributed by atoms with Crippen LogP contribution in [0, 0.1) is 0 Å². The molecule has 0 bridgehead atoms. The normalized spacial score (nSPS) is 12.3. The van der Waals surface area contributed by atoms with Gasteiger partial charge in [-0.2, -0.15) is 0 Å². The minimum absolute atomic E-state index is 0.184. The number of unbranched alkanes of at least 4 members (excludes halogenated alkanes) is 1. The Morgan fingerprint density at radius 1 is 1.50 bits per heavy atom. The number of hydrogen-bond acceptors (Lipinski definition) is 3. The largest absolute Gasteiger partial charge is 0.346 e. The van der Waals surface area contributed by atoms with Gasteiger partial charge in [0.15, 0.2) is 0 Å². The van der Waals surface area contributed by atoms with Crippen LogP contribution in [0.15, 0.2) is 29.8 Å². The average Bonchev–Trinajstić information content (AvgIpc) is 2.83. The summed E-state index contributed by atoms with van der Waals surface area (Å²) in [7, 11) is -1.84. The highest BCUT2D eigenvalue weighted by molar-refractivity contribution is 7.89. The molecule has 1 aromatic rings. The molecule has 0 amide bonds. The van der Waals surface area contributed by atoms with Gasteiger partial charge in [0.05, 0.1) is 0 Å². The van der Waals surface area contributed by atoms with Gasteiger partial charge < -0.3 is 10.3 Å². The van der Waals surface area contributed by atoms with Crippen molar-refractivity contribution in [2.24, 2.45) is 5.73 Å². The first kappa shape index (κ1) is 16.9. The van der Waals surface area contributed by atoms with Gasteiger partial charge in [0.1, 0.15) is 4.90 Å². The fraction of sp³-hybridized carbons (Fsp3) is 0.571. The zero-order valence-electron chi connectivity index (χ0n) is 12.5. The van der Waals surface area contributed by atoms with Gasteiger partial charge in [-0.15, -0.1) is 6.58 Å². The molecule has 0 aliphatic heterocycles. The Hall–Kier alpha value is -1.11. The van der Waals surface area contributed by atoms with E-state index in [1.165, 1.54) is 4.31 Å². The molecular formula is C14H25N3O2S. The lowest BCUT2D eigenvalue weighted by Crippen LogP contribution is -2.27. The smallest absolute Gasteiger partial charge is 0.244 e. The van der Waals surface area contributed by atoms with E-state index in [1.54, 1.807) is 25.4 Å². The molecule has 1 aromatic heterocycles. The van der Waals surface area contributed by atoms with Crippen molar-refractivity contribution < 1.29 is 8.42 Å². The van der Waals surface area contributed by atoms with Crippen LogP contribution in [-0.2, 0) is 16.6 Å². The van der Waals surface area contributed by atoms with Gasteiger partial charge >= 0.3 is 0 Å². The molecule has 0 aromatic carbocycles. The summed E-state index contributed by atoms with van der Waals surface area (Å²) in [6, 6.07) is 1.85. The first-order chi connectivity index (χ1) is 9.34. The fourth-order valence-electron chi connectivity index (χ4n) is 2.04. The molecule has 0 atom stereocenters. The van der Waals surface area contributed by atoms with Crippen LogP contribution in [0.1, 0.15) is 38.4 Å². The zero-order valence-corrected chi connectivity index (χ0v) is 13.4. The molecule has 0 radical (unpaired) electrons. The van der Waals surface area contributed by atoms with Crippen LogP contribution in [0.4, 0.5) is 0 Å². The molecule has 0 aliphatic rings. The van der Waals surface area contributed by atoms with E-state index in [0.717, 1.165) is 18.5 Å². The van der Waals surface area contributed by atoms with Crippen molar-refractivity contribution in [3.63, 3.8) is 0 Å². The summed E-state index contributed by atoms with van der Waals surface area (Å²) in [5, 5.41) is 0. The van der Waals surface area contributed by atoms with E-state index in [4.69, 9.17) is 5.73 Å². The van der Waals surface area contributed by atoms with Crippen LogP contribution in [-0.4, -0.2) is 30.9 Å².